The summed E-state index contributed by atoms with van der Waals surface area (Å²) in [5, 5.41) is 12.2. The van der Waals surface area contributed by atoms with E-state index in [2.05, 4.69) is 16.5 Å². The third-order valence-electron chi connectivity index (χ3n) is 6.00. The molecule has 1 N–H and O–H groups in total. The number of aliphatic hydroxyl groups is 1. The van der Waals surface area contributed by atoms with Crippen molar-refractivity contribution in [1.82, 2.24) is 9.97 Å². The highest BCUT2D eigenvalue weighted by molar-refractivity contribution is 7.22. The lowest BCUT2D eigenvalue weighted by Crippen LogP contribution is -2.31. The zero-order chi connectivity index (χ0) is 27.0. The second-order valence-electron chi connectivity index (χ2n) is 8.51. The number of benzene rings is 2. The number of aryl methyl sites for hydroxylation is 2. The molecule has 4 aromatic rings. The van der Waals surface area contributed by atoms with Gasteiger partial charge in [-0.1, -0.05) is 42.2 Å². The molecule has 0 saturated carbocycles. The highest BCUT2D eigenvalue weighted by atomic mass is 32.1. The van der Waals surface area contributed by atoms with Crippen LogP contribution in [0.4, 0.5) is 5.13 Å². The lowest BCUT2D eigenvalue weighted by atomic mass is 9.94. The number of hydrogen-bond acceptors (Lipinski definition) is 9. The predicted octanol–water partition coefficient (Wildman–Crippen LogP) is 6.12. The molecule has 0 bridgehead atoms. The molecule has 2 aromatic heterocycles. The number of ether oxygens (including phenoxy) is 2. The van der Waals surface area contributed by atoms with Gasteiger partial charge in [-0.3, -0.25) is 14.5 Å². The second-order valence-corrected chi connectivity index (χ2v) is 10.7. The fourth-order valence-electron chi connectivity index (χ4n) is 4.43. The quantitative estimate of drug-likeness (QED) is 0.199. The van der Waals surface area contributed by atoms with Crippen LogP contribution in [0.2, 0.25) is 0 Å². The predicted molar refractivity (Wildman–Crippen MR) is 149 cm³/mol. The van der Waals surface area contributed by atoms with Crippen LogP contribution in [0.1, 0.15) is 38.9 Å². The Kier molecular flexibility index (Phi) is 7.00. The Bertz CT molecular complexity index is 1600. The van der Waals surface area contributed by atoms with Crippen molar-refractivity contribution < 1.29 is 24.2 Å². The molecular weight excluding hydrogens is 522 g/mol. The number of nitrogens with zero attached hydrogens (tertiary/aromatic N) is 3. The van der Waals surface area contributed by atoms with Crippen molar-refractivity contribution >= 4 is 49.7 Å². The van der Waals surface area contributed by atoms with Gasteiger partial charge in [0.2, 0.25) is 5.78 Å². The van der Waals surface area contributed by atoms with Crippen LogP contribution in [0.15, 0.2) is 66.5 Å². The summed E-state index contributed by atoms with van der Waals surface area (Å²) in [5.41, 5.74) is 1.72. The number of Topliss-reactive ketones (excluding diaryl/α,β-unsaturated/α-hetero) is 1. The molecule has 1 aliphatic rings. The van der Waals surface area contributed by atoms with E-state index in [1.165, 1.54) is 27.6 Å². The van der Waals surface area contributed by atoms with Crippen molar-refractivity contribution in [2.24, 2.45) is 0 Å². The monoisotopic (exact) mass is 547 g/mol. The van der Waals surface area contributed by atoms with Crippen LogP contribution >= 0.6 is 22.7 Å². The molecule has 194 valence electrons. The topological polar surface area (TPSA) is 102 Å². The first kappa shape index (κ1) is 25.6. The van der Waals surface area contributed by atoms with Crippen molar-refractivity contribution in [3.8, 4) is 11.5 Å². The van der Waals surface area contributed by atoms with Crippen LogP contribution in [-0.2, 0) is 4.79 Å². The van der Waals surface area contributed by atoms with Crippen LogP contribution in [0.25, 0.3) is 10.2 Å². The van der Waals surface area contributed by atoms with Gasteiger partial charge >= 0.3 is 0 Å². The maximum absolute atomic E-state index is 13.9. The maximum Gasteiger partial charge on any atom is 0.296 e. The zero-order valence-corrected chi connectivity index (χ0v) is 22.7. The van der Waals surface area contributed by atoms with Crippen LogP contribution < -0.4 is 14.4 Å². The van der Waals surface area contributed by atoms with E-state index >= 15 is 0 Å². The number of thiazole rings is 2. The SMILES string of the molecule is C=CCOc1ccccc1C1C(C(=O)c2sc(C)nc2C)=C(O)C(=O)N1c1nc2ccc(OCC)cc2s1. The normalized spacial score (nSPS) is 15.4. The molecule has 1 aliphatic heterocycles. The summed E-state index contributed by atoms with van der Waals surface area (Å²) >= 11 is 2.51. The molecular formula is C28H25N3O5S2. The number of aliphatic hydroxyl groups excluding tert-OH is 1. The standard InChI is InChI=1S/C28H25N3O5S2/c1-5-13-36-20-10-8-7-9-18(20)23-22(24(32)26-15(3)29-16(4)37-26)25(33)27(34)31(23)28-30-19-12-11-17(35-6-2)14-21(19)38-28/h5,7-12,14,23,33H,1,6,13H2,2-4H3. The van der Waals surface area contributed by atoms with E-state index < -0.39 is 23.5 Å². The molecule has 8 nitrogen and oxygen atoms in total. The average molecular weight is 548 g/mol. The van der Waals surface area contributed by atoms with Gasteiger partial charge in [-0.15, -0.1) is 11.3 Å². The van der Waals surface area contributed by atoms with Crippen LogP contribution in [-0.4, -0.2) is 40.0 Å². The second kappa shape index (κ2) is 10.4. The van der Waals surface area contributed by atoms with Crippen molar-refractivity contribution in [3.63, 3.8) is 0 Å². The number of anilines is 1. The van der Waals surface area contributed by atoms with Gasteiger partial charge in [0, 0.05) is 5.56 Å². The summed E-state index contributed by atoms with van der Waals surface area (Å²) in [6.07, 6.45) is 1.61. The highest BCUT2D eigenvalue weighted by Gasteiger charge is 2.47. The number of rotatable bonds is 9. The van der Waals surface area contributed by atoms with E-state index in [9.17, 15) is 14.7 Å². The van der Waals surface area contributed by atoms with Crippen LogP contribution in [0.5, 0.6) is 11.5 Å². The first-order chi connectivity index (χ1) is 18.3. The molecule has 0 spiro atoms. The first-order valence-corrected chi connectivity index (χ1v) is 13.6. The molecule has 0 saturated heterocycles. The van der Waals surface area contributed by atoms with Gasteiger partial charge < -0.3 is 14.6 Å². The van der Waals surface area contributed by atoms with E-state index in [1.807, 2.05) is 32.0 Å². The molecule has 0 fully saturated rings. The summed E-state index contributed by atoms with van der Waals surface area (Å²) in [5.74, 6) is -0.620. The Morgan fingerprint density at radius 2 is 1.95 bits per heavy atom. The molecule has 10 heteroatoms. The van der Waals surface area contributed by atoms with E-state index in [1.54, 1.807) is 37.3 Å². The van der Waals surface area contributed by atoms with Crippen molar-refractivity contribution in [2.75, 3.05) is 18.1 Å². The highest BCUT2D eigenvalue weighted by Crippen LogP contribution is 2.47. The lowest BCUT2D eigenvalue weighted by Gasteiger charge is -2.26. The number of amides is 1. The molecule has 5 rings (SSSR count). The van der Waals surface area contributed by atoms with E-state index in [-0.39, 0.29) is 12.2 Å². The summed E-state index contributed by atoms with van der Waals surface area (Å²) < 4.78 is 12.3. The molecule has 1 atom stereocenters. The Morgan fingerprint density at radius 1 is 1.16 bits per heavy atom. The van der Waals surface area contributed by atoms with Gasteiger partial charge in [0.25, 0.3) is 5.91 Å². The Hall–Kier alpha value is -4.02. The number of carbonyl (C=O) groups is 2. The van der Waals surface area contributed by atoms with E-state index in [0.29, 0.717) is 44.9 Å². The number of carbonyl (C=O) groups excluding carboxylic acids is 2. The molecule has 1 unspecified atom stereocenters. The van der Waals surface area contributed by atoms with Crippen LogP contribution in [0, 0.1) is 13.8 Å². The smallest absolute Gasteiger partial charge is 0.296 e. The Labute approximate surface area is 227 Å². The first-order valence-electron chi connectivity index (χ1n) is 12.0. The fourth-order valence-corrected chi connectivity index (χ4v) is 6.33. The van der Waals surface area contributed by atoms with E-state index in [4.69, 9.17) is 9.47 Å². The molecule has 3 heterocycles. The maximum atomic E-state index is 13.9. The third-order valence-corrected chi connectivity index (χ3v) is 8.09. The summed E-state index contributed by atoms with van der Waals surface area (Å²) in [6.45, 7) is 9.91. The molecule has 38 heavy (non-hydrogen) atoms. The number of fused-ring (bicyclic) bond motifs is 1. The minimum absolute atomic E-state index is 0.0364. The van der Waals surface area contributed by atoms with Gasteiger partial charge in [-0.05, 0) is 45.0 Å². The van der Waals surface area contributed by atoms with Gasteiger partial charge in [0.15, 0.2) is 10.9 Å². The average Bonchev–Trinajstić information content (AvgIpc) is 3.55. The van der Waals surface area contributed by atoms with E-state index in [0.717, 1.165) is 9.71 Å². The zero-order valence-electron chi connectivity index (χ0n) is 21.1. The molecule has 0 radical (unpaired) electrons. The molecule has 0 aliphatic carbocycles. The minimum atomic E-state index is -0.968. The van der Waals surface area contributed by atoms with Gasteiger partial charge in [-0.25, -0.2) is 9.97 Å². The van der Waals surface area contributed by atoms with Gasteiger partial charge in [0.05, 0.1) is 38.0 Å². The number of aromatic nitrogens is 2. The third kappa shape index (κ3) is 4.46. The van der Waals surface area contributed by atoms with Crippen LogP contribution in [0.3, 0.4) is 0 Å². The largest absolute Gasteiger partial charge is 0.503 e. The van der Waals surface area contributed by atoms with Gasteiger partial charge in [-0.2, -0.15) is 0 Å². The number of para-hydroxylation sites is 1. The Morgan fingerprint density at radius 3 is 2.66 bits per heavy atom. The molecule has 2 aromatic carbocycles. The minimum Gasteiger partial charge on any atom is -0.503 e. The molecule has 1 amide bonds. The van der Waals surface area contributed by atoms with Crippen molar-refractivity contribution in [2.45, 2.75) is 26.8 Å². The van der Waals surface area contributed by atoms with Crippen molar-refractivity contribution in [3.05, 3.63) is 87.6 Å². The lowest BCUT2D eigenvalue weighted by molar-refractivity contribution is -0.117. The summed E-state index contributed by atoms with van der Waals surface area (Å²) in [4.78, 5) is 38.3. The van der Waals surface area contributed by atoms with Gasteiger partial charge in [0.1, 0.15) is 24.1 Å². The Balaban J connectivity index is 1.68. The fraction of sp³-hybridized carbons (Fsp3) is 0.214. The summed E-state index contributed by atoms with van der Waals surface area (Å²) in [6, 6.07) is 11.7. The summed E-state index contributed by atoms with van der Waals surface area (Å²) in [7, 11) is 0. The number of ketones is 1. The number of hydrogen-bond donors (Lipinski definition) is 1. The van der Waals surface area contributed by atoms with Crippen molar-refractivity contribution in [1.29, 1.82) is 0 Å².